The van der Waals surface area contributed by atoms with E-state index >= 15 is 0 Å². The van der Waals surface area contributed by atoms with Crippen LogP contribution in [0.15, 0.2) is 54.6 Å². The monoisotopic (exact) mass is 450 g/mol. The van der Waals surface area contributed by atoms with Crippen LogP contribution in [0, 0.1) is 0 Å². The van der Waals surface area contributed by atoms with Crippen molar-refractivity contribution >= 4 is 23.0 Å². The van der Waals surface area contributed by atoms with Gasteiger partial charge in [-0.2, -0.15) is 0 Å². The van der Waals surface area contributed by atoms with E-state index in [1.165, 1.54) is 0 Å². The van der Waals surface area contributed by atoms with Gasteiger partial charge >= 0.3 is 12.1 Å². The number of rotatable bonds is 9. The molecule has 0 fully saturated rings. The number of carbonyl (C=O) groups is 2. The number of carboxylic acid groups (broad SMARTS) is 1. The molecule has 1 amide bonds. The average Bonchev–Trinajstić information content (AvgIpc) is 3.14. The molecule has 1 aliphatic rings. The Bertz CT molecular complexity index is 1110. The fourth-order valence-corrected chi connectivity index (χ4v) is 4.66. The number of nitrogens with one attached hydrogen (secondary N) is 1. The molecule has 2 atom stereocenters. The summed E-state index contributed by atoms with van der Waals surface area (Å²) in [5.41, 5.74) is 4.20. The van der Waals surface area contributed by atoms with E-state index in [0.717, 1.165) is 34.1 Å². The maximum absolute atomic E-state index is 12.3. The normalized spacial score (nSPS) is 16.2. The van der Waals surface area contributed by atoms with E-state index in [-0.39, 0.29) is 12.6 Å². The average molecular weight is 451 g/mol. The van der Waals surface area contributed by atoms with Crippen LogP contribution in [0.3, 0.4) is 0 Å². The fraction of sp³-hybridized carbons (Fsp3) is 0.385. The zero-order valence-electron chi connectivity index (χ0n) is 18.8. The van der Waals surface area contributed by atoms with Gasteiger partial charge in [-0.3, -0.25) is 0 Å². The highest BCUT2D eigenvalue weighted by atomic mass is 16.6. The number of carbonyl (C=O) groups excluding carboxylic acids is 1. The van der Waals surface area contributed by atoms with Crippen LogP contribution in [0.1, 0.15) is 42.6 Å². The lowest BCUT2D eigenvalue weighted by molar-refractivity contribution is -0.140. The Hall–Kier alpha value is -3.32. The van der Waals surface area contributed by atoms with Gasteiger partial charge in [0, 0.05) is 22.6 Å². The number of fused-ring (bicyclic) bond motifs is 3. The molecule has 2 N–H and O–H groups in total. The van der Waals surface area contributed by atoms with Crippen LogP contribution in [0.5, 0.6) is 0 Å². The first-order chi connectivity index (χ1) is 16.1. The molecule has 174 valence electrons. The Morgan fingerprint density at radius 3 is 2.64 bits per heavy atom. The summed E-state index contributed by atoms with van der Waals surface area (Å²) in [5.74, 6) is -0.820. The van der Waals surface area contributed by atoms with Crippen LogP contribution < -0.4 is 5.32 Å². The third kappa shape index (κ3) is 5.20. The van der Waals surface area contributed by atoms with Crippen LogP contribution in [-0.4, -0.2) is 41.0 Å². The van der Waals surface area contributed by atoms with Gasteiger partial charge in [0.05, 0.1) is 13.2 Å². The van der Waals surface area contributed by atoms with Crippen molar-refractivity contribution in [3.8, 4) is 0 Å². The first-order valence-corrected chi connectivity index (χ1v) is 11.5. The molecule has 1 aromatic heterocycles. The summed E-state index contributed by atoms with van der Waals surface area (Å²) >= 11 is 0. The number of alkyl carbamates (subject to hydrolysis) is 1. The Labute approximate surface area is 193 Å². The fourth-order valence-electron chi connectivity index (χ4n) is 4.66. The number of hydrogen-bond acceptors (Lipinski definition) is 4. The molecule has 2 aromatic carbocycles. The van der Waals surface area contributed by atoms with Gasteiger partial charge in [0.2, 0.25) is 0 Å². The molecule has 1 unspecified atom stereocenters. The lowest BCUT2D eigenvalue weighted by Crippen LogP contribution is -2.39. The third-order valence-electron chi connectivity index (χ3n) is 6.19. The van der Waals surface area contributed by atoms with E-state index < -0.39 is 18.1 Å². The van der Waals surface area contributed by atoms with Gasteiger partial charge in [-0.15, -0.1) is 0 Å². The number of amides is 1. The number of para-hydroxylation sites is 1. The number of hydrogen-bond donors (Lipinski definition) is 2. The minimum absolute atomic E-state index is 0.0561. The van der Waals surface area contributed by atoms with E-state index in [1.807, 2.05) is 66.1 Å². The molecule has 0 radical (unpaired) electrons. The van der Waals surface area contributed by atoms with Gasteiger partial charge in [0.1, 0.15) is 12.6 Å². The van der Waals surface area contributed by atoms with Crippen molar-refractivity contribution in [2.45, 2.75) is 51.3 Å². The second-order valence-corrected chi connectivity index (χ2v) is 8.33. The number of carboxylic acids is 1. The van der Waals surface area contributed by atoms with Gasteiger partial charge < -0.3 is 24.5 Å². The van der Waals surface area contributed by atoms with Crippen molar-refractivity contribution in [3.63, 3.8) is 0 Å². The van der Waals surface area contributed by atoms with Crippen molar-refractivity contribution < 1.29 is 24.2 Å². The summed E-state index contributed by atoms with van der Waals surface area (Å²) in [5, 5.41) is 13.8. The quantitative estimate of drug-likeness (QED) is 0.469. The van der Waals surface area contributed by atoms with Crippen molar-refractivity contribution in [2.75, 3.05) is 13.2 Å². The topological polar surface area (TPSA) is 89.8 Å². The van der Waals surface area contributed by atoms with E-state index in [0.29, 0.717) is 32.5 Å². The van der Waals surface area contributed by atoms with Crippen LogP contribution in [0.25, 0.3) is 10.9 Å². The molecular weight excluding hydrogens is 420 g/mol. The summed E-state index contributed by atoms with van der Waals surface area (Å²) in [6.07, 6.45) is 2.16. The van der Waals surface area contributed by atoms with E-state index in [2.05, 4.69) is 5.32 Å². The molecule has 4 rings (SSSR count). The summed E-state index contributed by atoms with van der Waals surface area (Å²) < 4.78 is 12.8. The molecule has 1 heterocycles. The molecular formula is C26H30N2O5. The molecule has 0 saturated carbocycles. The molecule has 0 bridgehead atoms. The van der Waals surface area contributed by atoms with E-state index in [4.69, 9.17) is 9.47 Å². The number of aliphatic carboxylic acids is 1. The van der Waals surface area contributed by atoms with Gasteiger partial charge in [-0.05, 0) is 42.9 Å². The Balaban J connectivity index is 1.35. The summed E-state index contributed by atoms with van der Waals surface area (Å²) in [6, 6.07) is 17.1. The Morgan fingerprint density at radius 2 is 1.88 bits per heavy atom. The molecule has 7 heteroatoms. The lowest BCUT2D eigenvalue weighted by Gasteiger charge is -2.26. The van der Waals surface area contributed by atoms with Crippen molar-refractivity contribution in [2.24, 2.45) is 0 Å². The standard InChI is InChI=1S/C26H30N2O5/c1-2-22(25(29)30)28-23-11-7-6-10-20(23)21-16-19(12-13-24(21)28)27-26(31)33-15-14-32-17-18-8-4-3-5-9-18/h3-11,19,22H,2,12-17H2,1H3,(H,27,31)(H,29,30)/t19-,22?/m1/s1. The molecule has 1 aliphatic carbocycles. The maximum atomic E-state index is 12.3. The van der Waals surface area contributed by atoms with E-state index in [1.54, 1.807) is 0 Å². The largest absolute Gasteiger partial charge is 0.480 e. The summed E-state index contributed by atoms with van der Waals surface area (Å²) in [4.78, 5) is 24.2. The summed E-state index contributed by atoms with van der Waals surface area (Å²) in [7, 11) is 0. The van der Waals surface area contributed by atoms with Crippen LogP contribution >= 0.6 is 0 Å². The van der Waals surface area contributed by atoms with Crippen molar-refractivity contribution in [1.29, 1.82) is 0 Å². The molecule has 0 aliphatic heterocycles. The Morgan fingerprint density at radius 1 is 1.12 bits per heavy atom. The second kappa shape index (κ2) is 10.5. The highest BCUT2D eigenvalue weighted by Gasteiger charge is 2.30. The van der Waals surface area contributed by atoms with E-state index in [9.17, 15) is 14.7 Å². The molecule has 0 spiro atoms. The van der Waals surface area contributed by atoms with Gasteiger partial charge in [-0.25, -0.2) is 9.59 Å². The smallest absolute Gasteiger partial charge is 0.407 e. The van der Waals surface area contributed by atoms with Crippen LogP contribution in [0.4, 0.5) is 4.79 Å². The van der Waals surface area contributed by atoms with Crippen LogP contribution in [-0.2, 0) is 33.7 Å². The zero-order valence-corrected chi connectivity index (χ0v) is 18.8. The number of ether oxygens (including phenoxy) is 2. The maximum Gasteiger partial charge on any atom is 0.407 e. The predicted octanol–water partition coefficient (Wildman–Crippen LogP) is 4.48. The minimum atomic E-state index is -0.820. The lowest BCUT2D eigenvalue weighted by atomic mass is 9.91. The second-order valence-electron chi connectivity index (χ2n) is 8.33. The molecule has 0 saturated heterocycles. The zero-order chi connectivity index (χ0) is 23.2. The van der Waals surface area contributed by atoms with Crippen molar-refractivity contribution in [3.05, 3.63) is 71.4 Å². The van der Waals surface area contributed by atoms with Gasteiger partial charge in [-0.1, -0.05) is 55.5 Å². The number of nitrogens with zero attached hydrogens (tertiary/aromatic N) is 1. The Kier molecular flexibility index (Phi) is 7.29. The minimum Gasteiger partial charge on any atom is -0.480 e. The SMILES string of the molecule is CCC(C(=O)O)n1c2c(c3ccccc31)C[C@H](NC(=O)OCCOCc1ccccc1)CC2. The highest BCUT2D eigenvalue weighted by Crippen LogP contribution is 2.35. The predicted molar refractivity (Wildman–Crippen MR) is 125 cm³/mol. The first kappa shape index (κ1) is 22.9. The van der Waals surface area contributed by atoms with Crippen LogP contribution in [0.2, 0.25) is 0 Å². The van der Waals surface area contributed by atoms with Gasteiger partial charge in [0.15, 0.2) is 0 Å². The number of aromatic nitrogens is 1. The summed E-state index contributed by atoms with van der Waals surface area (Å²) in [6.45, 7) is 2.90. The molecule has 33 heavy (non-hydrogen) atoms. The molecule has 3 aromatic rings. The number of benzene rings is 2. The highest BCUT2D eigenvalue weighted by molar-refractivity contribution is 5.88. The van der Waals surface area contributed by atoms with Crippen molar-refractivity contribution in [1.82, 2.24) is 9.88 Å². The first-order valence-electron chi connectivity index (χ1n) is 11.5. The third-order valence-corrected chi connectivity index (χ3v) is 6.19. The molecule has 7 nitrogen and oxygen atoms in total. The van der Waals surface area contributed by atoms with Gasteiger partial charge in [0.25, 0.3) is 0 Å².